The van der Waals surface area contributed by atoms with Crippen LogP contribution in [0.1, 0.15) is 90.6 Å². The zero-order valence-electron chi connectivity index (χ0n) is 35.3. The van der Waals surface area contributed by atoms with Crippen LogP contribution in [0, 0.1) is 17.8 Å². The van der Waals surface area contributed by atoms with E-state index in [4.69, 9.17) is 28.9 Å². The van der Waals surface area contributed by atoms with Crippen molar-refractivity contribution in [2.75, 3.05) is 27.4 Å². The van der Waals surface area contributed by atoms with E-state index in [0.29, 0.717) is 19.8 Å². The molecule has 0 saturated carbocycles. The van der Waals surface area contributed by atoms with Crippen molar-refractivity contribution in [2.24, 2.45) is 17.8 Å². The van der Waals surface area contributed by atoms with Gasteiger partial charge < -0.3 is 39.1 Å². The minimum atomic E-state index is -0.731. The quantitative estimate of drug-likeness (QED) is 0.140. The van der Waals surface area contributed by atoms with Crippen LogP contribution in [0.3, 0.4) is 0 Å². The molecule has 0 aliphatic carbocycles. The number of ether oxygens (including phenoxy) is 4. The van der Waals surface area contributed by atoms with Crippen molar-refractivity contribution in [3.8, 4) is 28.1 Å². The number of rotatable bonds is 8. The molecule has 5 aromatic rings. The summed E-state index contributed by atoms with van der Waals surface area (Å²) in [6, 6.07) is 13.4. The van der Waals surface area contributed by atoms with Crippen LogP contribution in [0.25, 0.3) is 44.2 Å². The summed E-state index contributed by atoms with van der Waals surface area (Å²) in [6.07, 6.45) is 2.31. The number of aromatic nitrogens is 4. The largest absolute Gasteiger partial charge is 0.488 e. The zero-order valence-corrected chi connectivity index (χ0v) is 35.3. The van der Waals surface area contributed by atoms with Gasteiger partial charge in [0.05, 0.1) is 48.7 Å². The number of carbonyl (C=O) groups excluding carboxylic acids is 3. The van der Waals surface area contributed by atoms with Crippen LogP contribution in [-0.2, 0) is 25.6 Å². The predicted octanol–water partition coefficient (Wildman–Crippen LogP) is 8.29. The van der Waals surface area contributed by atoms with Crippen LogP contribution in [0.15, 0.2) is 48.7 Å². The van der Waals surface area contributed by atoms with E-state index in [1.165, 1.54) is 7.11 Å². The highest BCUT2D eigenvalue weighted by atomic mass is 16.6. The van der Waals surface area contributed by atoms with E-state index < -0.39 is 17.7 Å². The second-order valence-corrected chi connectivity index (χ2v) is 17.8. The molecule has 2 fully saturated rings. The first kappa shape index (κ1) is 40.2. The molecule has 3 N–H and O–H groups in total. The van der Waals surface area contributed by atoms with Crippen molar-refractivity contribution < 1.29 is 33.3 Å². The van der Waals surface area contributed by atoms with Gasteiger partial charge in [-0.15, -0.1) is 0 Å². The second-order valence-electron chi connectivity index (χ2n) is 17.8. The third-order valence-corrected chi connectivity index (χ3v) is 12.2. The Morgan fingerprint density at radius 3 is 2.51 bits per heavy atom. The summed E-state index contributed by atoms with van der Waals surface area (Å²) in [7, 11) is 2.98. The van der Waals surface area contributed by atoms with Crippen molar-refractivity contribution in [1.29, 1.82) is 0 Å². The normalized spacial score (nSPS) is 22.0. The van der Waals surface area contributed by atoms with Crippen LogP contribution in [0.5, 0.6) is 5.75 Å². The molecule has 3 amide bonds. The lowest BCUT2D eigenvalue weighted by atomic mass is 9.92. The molecule has 14 nitrogen and oxygen atoms in total. The highest BCUT2D eigenvalue weighted by molar-refractivity contribution is 6.07. The van der Waals surface area contributed by atoms with Gasteiger partial charge in [0.25, 0.3) is 0 Å². The summed E-state index contributed by atoms with van der Waals surface area (Å²) in [5.74, 6) is 2.34. The van der Waals surface area contributed by atoms with E-state index >= 15 is 0 Å². The van der Waals surface area contributed by atoms with Crippen molar-refractivity contribution in [1.82, 2.24) is 35.1 Å². The van der Waals surface area contributed by atoms with Crippen molar-refractivity contribution >= 4 is 39.9 Å². The van der Waals surface area contributed by atoms with E-state index in [9.17, 15) is 14.4 Å². The van der Waals surface area contributed by atoms with Gasteiger partial charge in [0, 0.05) is 36.6 Å². The summed E-state index contributed by atoms with van der Waals surface area (Å²) in [4.78, 5) is 60.1. The molecule has 6 atom stereocenters. The Kier molecular flexibility index (Phi) is 10.6. The number of H-pyrrole nitrogens is 2. The van der Waals surface area contributed by atoms with Gasteiger partial charge in [-0.2, -0.15) is 0 Å². The fourth-order valence-electron chi connectivity index (χ4n) is 9.03. The molecule has 3 aliphatic heterocycles. The molecular weight excluding hydrogens is 751 g/mol. The number of likely N-dealkylation sites (tertiary alicyclic amines) is 2. The smallest absolute Gasteiger partial charge is 0.410 e. The SMILES string of the molecule is COC[C@H]1C[C@@H](c2ncc(-c3ccc4c(c3)COc3cc5c(ccc6nc([C@@H]7C[C@@H](C)[C@@H](C)N7C(=O)[C@@H](NC(=O)OC)C(C)C)[nH]c65)cc3-4)[nH]2)N(C(=O)OC(C)(C)C)C1. The molecule has 0 bridgehead atoms. The van der Waals surface area contributed by atoms with Crippen LogP contribution in [0.2, 0.25) is 0 Å². The minimum Gasteiger partial charge on any atom is -0.488 e. The molecule has 0 spiro atoms. The number of alkyl carbamates (subject to hydrolysis) is 1. The molecule has 8 rings (SSSR count). The highest BCUT2D eigenvalue weighted by Gasteiger charge is 2.45. The Bertz CT molecular complexity index is 2410. The fraction of sp³-hybridized carbons (Fsp3) is 0.489. The highest BCUT2D eigenvalue weighted by Crippen LogP contribution is 2.45. The Hall–Kier alpha value is -5.63. The zero-order chi connectivity index (χ0) is 41.9. The first-order chi connectivity index (χ1) is 28.1. The van der Waals surface area contributed by atoms with E-state index in [0.717, 1.165) is 80.0 Å². The Balaban J connectivity index is 1.06. The van der Waals surface area contributed by atoms with Crippen LogP contribution < -0.4 is 10.1 Å². The number of nitrogens with one attached hydrogen (secondary N) is 3. The molecule has 3 aromatic carbocycles. The number of fused-ring (bicyclic) bond motifs is 6. The van der Waals surface area contributed by atoms with Gasteiger partial charge in [-0.05, 0) is 98.7 Å². The van der Waals surface area contributed by atoms with E-state index in [1.54, 1.807) is 12.0 Å². The lowest BCUT2D eigenvalue weighted by molar-refractivity contribution is -0.137. The Labute approximate surface area is 344 Å². The predicted molar refractivity (Wildman–Crippen MR) is 224 cm³/mol. The molecule has 2 aromatic heterocycles. The third kappa shape index (κ3) is 7.58. The second kappa shape index (κ2) is 15.5. The number of amides is 3. The summed E-state index contributed by atoms with van der Waals surface area (Å²) in [6.45, 7) is 15.1. The third-order valence-electron chi connectivity index (χ3n) is 12.2. The maximum atomic E-state index is 14.1. The number of hydrogen-bond acceptors (Lipinski definition) is 9. The lowest BCUT2D eigenvalue weighted by Gasteiger charge is -2.33. The summed E-state index contributed by atoms with van der Waals surface area (Å²) >= 11 is 0. The molecular formula is C45H55N7O7. The van der Waals surface area contributed by atoms with E-state index in [1.807, 2.05) is 51.8 Å². The molecule has 3 aliphatic rings. The monoisotopic (exact) mass is 805 g/mol. The summed E-state index contributed by atoms with van der Waals surface area (Å²) in [5.41, 5.74) is 6.07. The maximum Gasteiger partial charge on any atom is 0.410 e. The van der Waals surface area contributed by atoms with Crippen molar-refractivity contribution in [3.05, 3.63) is 65.9 Å². The Morgan fingerprint density at radius 1 is 0.983 bits per heavy atom. The molecule has 2 saturated heterocycles. The molecule has 59 heavy (non-hydrogen) atoms. The van der Waals surface area contributed by atoms with Gasteiger partial charge in [0.15, 0.2) is 0 Å². The van der Waals surface area contributed by atoms with Crippen molar-refractivity contribution in [3.63, 3.8) is 0 Å². The van der Waals surface area contributed by atoms with Gasteiger partial charge in [-0.1, -0.05) is 39.0 Å². The molecule has 312 valence electrons. The molecule has 0 unspecified atom stereocenters. The van der Waals surface area contributed by atoms with Crippen molar-refractivity contribution in [2.45, 2.75) is 97.7 Å². The maximum absolute atomic E-state index is 14.1. The number of hydrogen-bond donors (Lipinski definition) is 3. The molecule has 0 radical (unpaired) electrons. The van der Waals surface area contributed by atoms with Gasteiger partial charge in [0.1, 0.15) is 35.6 Å². The Morgan fingerprint density at radius 2 is 1.78 bits per heavy atom. The number of carbonyl (C=O) groups is 3. The van der Waals surface area contributed by atoms with Crippen LogP contribution >= 0.6 is 0 Å². The standard InChI is InChI=1S/C45H55N7O7/c1-23(2)38(50-43(54)57-9)42(53)52-25(4)24(3)14-36(52)41-47-33-13-11-27-17-32-30-12-10-28(16-29(30)22-58-37(32)18-31(27)39(33)49-41)34-19-46-40(48-34)35-15-26(21-56-8)20-51(35)44(55)59-45(5,6)7/h10-13,16-19,23-26,35-36,38H,14-15,20-22H2,1-9H3,(H,46,48)(H,47,49)(H,50,54)/t24-,25-,26+,35+,36+,38+/m1/s1. The van der Waals surface area contributed by atoms with Gasteiger partial charge >= 0.3 is 12.2 Å². The van der Waals surface area contributed by atoms with Gasteiger partial charge in [-0.3, -0.25) is 9.69 Å². The lowest BCUT2D eigenvalue weighted by Crippen LogP contribution is -2.53. The first-order valence-corrected chi connectivity index (χ1v) is 20.6. The number of methoxy groups -OCH3 is 2. The van der Waals surface area contributed by atoms with E-state index in [2.05, 4.69) is 65.5 Å². The number of imidazole rings is 2. The number of nitrogens with zero attached hydrogens (tertiary/aromatic N) is 4. The first-order valence-electron chi connectivity index (χ1n) is 20.6. The van der Waals surface area contributed by atoms with Gasteiger partial charge in [0.2, 0.25) is 5.91 Å². The van der Waals surface area contributed by atoms with Crippen LogP contribution in [0.4, 0.5) is 9.59 Å². The molecule has 5 heterocycles. The summed E-state index contributed by atoms with van der Waals surface area (Å²) in [5, 5.41) is 4.77. The average molecular weight is 806 g/mol. The summed E-state index contributed by atoms with van der Waals surface area (Å²) < 4.78 is 22.5. The van der Waals surface area contributed by atoms with Gasteiger partial charge in [-0.25, -0.2) is 19.6 Å². The topological polar surface area (TPSA) is 164 Å². The number of benzene rings is 3. The minimum absolute atomic E-state index is 0.0508. The average Bonchev–Trinajstić information content (AvgIpc) is 4.00. The number of aromatic amines is 2. The van der Waals surface area contributed by atoms with Crippen LogP contribution in [-0.4, -0.2) is 92.9 Å². The fourth-order valence-corrected chi connectivity index (χ4v) is 9.03. The molecule has 14 heteroatoms. The van der Waals surface area contributed by atoms with E-state index in [-0.39, 0.29) is 47.9 Å².